The number of hydrogen-bond donors (Lipinski definition) is 0. The molecule has 8 aromatic rings. The van der Waals surface area contributed by atoms with Crippen LogP contribution < -0.4 is 9.00 Å². The van der Waals surface area contributed by atoms with E-state index < -0.39 is 16.1 Å². The zero-order valence-corrected chi connectivity index (χ0v) is 52.8. The van der Waals surface area contributed by atoms with Crippen LogP contribution in [0.4, 0.5) is 0 Å². The topological polar surface area (TPSA) is 86.4 Å². The van der Waals surface area contributed by atoms with E-state index in [4.69, 9.17) is 38.9 Å². The van der Waals surface area contributed by atoms with Crippen LogP contribution in [0.3, 0.4) is 0 Å². The highest BCUT2D eigenvalue weighted by Gasteiger charge is 2.31. The van der Waals surface area contributed by atoms with Crippen LogP contribution >= 0.6 is 45.3 Å². The lowest BCUT2D eigenvalue weighted by Crippen LogP contribution is -2.36. The summed E-state index contributed by atoms with van der Waals surface area (Å²) in [6.45, 7) is 26.1. The first-order chi connectivity index (χ1) is 38.6. The first kappa shape index (κ1) is 54.6. The third kappa shape index (κ3) is 11.0. The maximum Gasteiger partial charge on any atom is 0.216 e. The molecule has 0 N–H and O–H groups in total. The highest BCUT2D eigenvalue weighted by molar-refractivity contribution is 7.34. The minimum absolute atomic E-state index is 0.199. The average molecular weight is 1170 g/mol. The third-order valence-corrected chi connectivity index (χ3v) is 27.8. The molecule has 0 saturated heterocycles. The highest BCUT2D eigenvalue weighted by Crippen LogP contribution is 2.53. The second-order valence-electron chi connectivity index (χ2n) is 23.5. The largest absolute Gasteiger partial charge is 0.475 e. The van der Waals surface area contributed by atoms with Crippen molar-refractivity contribution in [2.45, 2.75) is 117 Å². The van der Waals surface area contributed by atoms with Crippen LogP contribution in [0.5, 0.6) is 0 Å². The van der Waals surface area contributed by atoms with E-state index in [1.54, 1.807) is 0 Å². The maximum absolute atomic E-state index is 6.14. The molecule has 4 aromatic carbocycles. The van der Waals surface area contributed by atoms with Crippen molar-refractivity contribution in [1.82, 2.24) is 0 Å². The Morgan fingerprint density at radius 3 is 0.800 bits per heavy atom. The second-order valence-corrected chi connectivity index (χ2v) is 38.4. The summed E-state index contributed by atoms with van der Waals surface area (Å²) < 4.78 is 27.4. The standard InChI is InChI=1S/C66H70N4O4S4Si2/c1-11-47-35-71-61(67-47)43-23-15-39(16-24-43)51-31-55(57-33-53(65(77-57)79(5,6)7)41-19-27-45(28-20-41)63-69-49(13-3)37-73-63)75-59(51)60-52(40-17-25-44(26-18-40)62-68-48(12-2)36-72-62)32-56(76-60)58-34-54(66(78-58)80(8,9)10)42-21-29-46(30-22-42)64-70-50(14-4)38-74-64/h15-34,47-50H,11-14,35-38H2,1-10H3/t47-,48-,49-,50-/m1/s1. The fraction of sp³-hybridized carbons (Fsp3) is 0.333. The molecule has 0 bridgehead atoms. The summed E-state index contributed by atoms with van der Waals surface area (Å²) in [5, 5.41) is 0. The summed E-state index contributed by atoms with van der Waals surface area (Å²) in [4.78, 5) is 27.2. The molecule has 410 valence electrons. The van der Waals surface area contributed by atoms with E-state index in [2.05, 4.69) is 188 Å². The number of benzene rings is 4. The van der Waals surface area contributed by atoms with Crippen LogP contribution in [0.1, 0.15) is 75.6 Å². The van der Waals surface area contributed by atoms with Crippen LogP contribution in [0.25, 0.3) is 73.8 Å². The Morgan fingerprint density at radius 1 is 0.338 bits per heavy atom. The Labute approximate surface area is 490 Å². The molecule has 12 rings (SSSR count). The van der Waals surface area contributed by atoms with E-state index in [1.165, 1.54) is 71.6 Å². The molecule has 4 aromatic heterocycles. The van der Waals surface area contributed by atoms with Crippen molar-refractivity contribution in [2.24, 2.45) is 20.0 Å². The lowest BCUT2D eigenvalue weighted by atomic mass is 9.99. The smallest absolute Gasteiger partial charge is 0.216 e. The third-order valence-electron chi connectivity index (χ3n) is 15.5. The predicted octanol–water partition coefficient (Wildman–Crippen LogP) is 16.9. The lowest BCUT2D eigenvalue weighted by molar-refractivity contribution is 0.315. The molecule has 4 aliphatic heterocycles. The molecule has 4 atom stereocenters. The van der Waals surface area contributed by atoms with E-state index in [-0.39, 0.29) is 24.2 Å². The van der Waals surface area contributed by atoms with Gasteiger partial charge in [0.25, 0.3) is 0 Å². The second kappa shape index (κ2) is 22.4. The van der Waals surface area contributed by atoms with Gasteiger partial charge in [-0.1, -0.05) is 116 Å². The number of nitrogens with zero attached hydrogens (tertiary/aromatic N) is 4. The number of rotatable bonds is 17. The molecule has 0 saturated carbocycles. The minimum Gasteiger partial charge on any atom is -0.475 e. The molecule has 14 heteroatoms. The van der Waals surface area contributed by atoms with Gasteiger partial charge in [-0.15, -0.1) is 45.3 Å². The Bertz CT molecular complexity index is 3460. The molecule has 0 unspecified atom stereocenters. The molecule has 0 radical (unpaired) electrons. The van der Waals surface area contributed by atoms with Gasteiger partial charge in [-0.3, -0.25) is 0 Å². The van der Waals surface area contributed by atoms with Crippen LogP contribution in [-0.2, 0) is 18.9 Å². The lowest BCUT2D eigenvalue weighted by Gasteiger charge is -2.17. The van der Waals surface area contributed by atoms with Crippen molar-refractivity contribution in [3.63, 3.8) is 0 Å². The Morgan fingerprint density at radius 2 is 0.562 bits per heavy atom. The zero-order chi connectivity index (χ0) is 55.5. The van der Waals surface area contributed by atoms with Gasteiger partial charge in [0.15, 0.2) is 0 Å². The number of hydrogen-bond acceptors (Lipinski definition) is 12. The van der Waals surface area contributed by atoms with E-state index in [0.717, 1.165) is 82.7 Å². The molecule has 0 spiro atoms. The van der Waals surface area contributed by atoms with Gasteiger partial charge in [-0.05, 0) is 141 Å². The quantitative estimate of drug-likeness (QED) is 0.0850. The van der Waals surface area contributed by atoms with Gasteiger partial charge in [-0.25, -0.2) is 20.0 Å². The van der Waals surface area contributed by atoms with Crippen LogP contribution in [0.15, 0.2) is 141 Å². The van der Waals surface area contributed by atoms with Crippen molar-refractivity contribution in [3.05, 3.63) is 144 Å². The average Bonchev–Trinajstić information content (AvgIpc) is 4.47. The van der Waals surface area contributed by atoms with Gasteiger partial charge in [0.1, 0.15) is 26.4 Å². The molecule has 4 aliphatic rings. The maximum atomic E-state index is 6.14. The van der Waals surface area contributed by atoms with Gasteiger partial charge in [0.05, 0.1) is 50.1 Å². The molecule has 80 heavy (non-hydrogen) atoms. The van der Waals surface area contributed by atoms with Crippen molar-refractivity contribution in [2.75, 3.05) is 26.4 Å². The SMILES string of the molecule is CC[C@@H]1COC(c2ccc(-c3cc(-c4cc(-c5ccc(C6=N[C@H](CC)CO6)cc5)c([Si](C)(C)C)s4)sc3-c3sc(-c4cc(-c5ccc(C6=N[C@H](CC)CO6)cc5)c([Si](C)(C)C)s4)cc3-c3ccc(C4=N[C@H](CC)CO4)cc3)cc2)=N1. The van der Waals surface area contributed by atoms with Crippen molar-refractivity contribution < 1.29 is 18.9 Å². The fourth-order valence-electron chi connectivity index (χ4n) is 10.7. The number of aliphatic imine (C=N–C) groups is 4. The molecular formula is C66H70N4O4S4Si2. The molecule has 0 fully saturated rings. The van der Waals surface area contributed by atoms with Gasteiger partial charge in [-0.2, -0.15) is 0 Å². The summed E-state index contributed by atoms with van der Waals surface area (Å²) in [6.07, 6.45) is 3.88. The summed E-state index contributed by atoms with van der Waals surface area (Å²) in [5.41, 5.74) is 14.0. The minimum atomic E-state index is -1.82. The highest BCUT2D eigenvalue weighted by atomic mass is 32.1. The monoisotopic (exact) mass is 1170 g/mol. The predicted molar refractivity (Wildman–Crippen MR) is 348 cm³/mol. The van der Waals surface area contributed by atoms with Crippen LogP contribution in [0.2, 0.25) is 39.3 Å². The number of ether oxygens (including phenoxy) is 4. The fourth-order valence-corrected chi connectivity index (χ4v) is 20.3. The van der Waals surface area contributed by atoms with Gasteiger partial charge < -0.3 is 18.9 Å². The van der Waals surface area contributed by atoms with E-state index in [9.17, 15) is 0 Å². The van der Waals surface area contributed by atoms with E-state index in [0.29, 0.717) is 26.4 Å². The van der Waals surface area contributed by atoms with Crippen molar-refractivity contribution >= 4 is 94.1 Å². The Kier molecular flexibility index (Phi) is 15.3. The normalized spacial score (nSPS) is 19.1. The van der Waals surface area contributed by atoms with Gasteiger partial charge >= 0.3 is 0 Å². The van der Waals surface area contributed by atoms with Crippen LogP contribution in [0, 0.1) is 0 Å². The Hall–Kier alpha value is -6.01. The zero-order valence-electron chi connectivity index (χ0n) is 47.6. The molecule has 8 heterocycles. The summed E-state index contributed by atoms with van der Waals surface area (Å²) >= 11 is 7.78. The van der Waals surface area contributed by atoms with E-state index >= 15 is 0 Å². The first-order valence-corrected chi connectivity index (χ1v) is 38.7. The summed E-state index contributed by atoms with van der Waals surface area (Å²) in [7, 11) is -3.64. The first-order valence-electron chi connectivity index (χ1n) is 28.5. The molecule has 0 aliphatic carbocycles. The molecule has 8 nitrogen and oxygen atoms in total. The number of thiophene rings is 4. The van der Waals surface area contributed by atoms with Gasteiger partial charge in [0.2, 0.25) is 23.6 Å². The molecule has 0 amide bonds. The van der Waals surface area contributed by atoms with Crippen molar-refractivity contribution in [3.8, 4) is 73.8 Å². The van der Waals surface area contributed by atoms with Crippen molar-refractivity contribution in [1.29, 1.82) is 0 Å². The van der Waals surface area contributed by atoms with Gasteiger partial charge in [0, 0.05) is 52.9 Å². The summed E-state index contributed by atoms with van der Waals surface area (Å²) in [6, 6.07) is 46.4. The van der Waals surface area contributed by atoms with E-state index in [1.807, 2.05) is 45.3 Å². The molecular weight excluding hydrogens is 1100 g/mol. The summed E-state index contributed by atoms with van der Waals surface area (Å²) in [5.74, 6) is 2.99. The Balaban J connectivity index is 1.00. The van der Waals surface area contributed by atoms with Crippen LogP contribution in [-0.4, -0.2) is 90.3 Å².